The third-order valence-electron chi connectivity index (χ3n) is 4.20. The molecule has 0 fully saturated rings. The van der Waals surface area contributed by atoms with Crippen LogP contribution in [0.1, 0.15) is 16.1 Å². The van der Waals surface area contributed by atoms with E-state index in [0.717, 1.165) is 0 Å². The van der Waals surface area contributed by atoms with Crippen LogP contribution in [0.15, 0.2) is 47.3 Å². The molecule has 0 spiro atoms. The number of halogens is 1. The Balaban J connectivity index is 1.73. The number of esters is 1. The van der Waals surface area contributed by atoms with Gasteiger partial charge in [0.05, 0.1) is 16.9 Å². The fraction of sp³-hybridized carbons (Fsp3) is 0.158. The molecule has 2 heterocycles. The molecular weight excluding hydrogens is 398 g/mol. The molecule has 3 aromatic rings. The summed E-state index contributed by atoms with van der Waals surface area (Å²) in [5.74, 6) is -1.39. The molecule has 0 unspecified atom stereocenters. The summed E-state index contributed by atoms with van der Waals surface area (Å²) in [5, 5.41) is 2.54. The van der Waals surface area contributed by atoms with Gasteiger partial charge in [-0.2, -0.15) is 0 Å². The molecule has 0 saturated carbocycles. The van der Waals surface area contributed by atoms with Crippen LogP contribution >= 0.6 is 11.6 Å². The summed E-state index contributed by atoms with van der Waals surface area (Å²) in [5.41, 5.74) is 6.51. The van der Waals surface area contributed by atoms with Crippen molar-refractivity contribution >= 4 is 35.0 Å². The number of rotatable bonds is 5. The average Bonchev–Trinajstić information content (AvgIpc) is 2.89. The van der Waals surface area contributed by atoms with E-state index in [2.05, 4.69) is 10.3 Å². The molecule has 0 atom stereocenters. The summed E-state index contributed by atoms with van der Waals surface area (Å²) in [4.78, 5) is 40.8. The van der Waals surface area contributed by atoms with Gasteiger partial charge in [0.25, 0.3) is 11.5 Å². The molecule has 2 aromatic heterocycles. The maximum absolute atomic E-state index is 12.8. The Labute approximate surface area is 170 Å². The molecular formula is C19H18ClN5O4. The quantitative estimate of drug-likeness (QED) is 0.485. The number of para-hydroxylation sites is 1. The topological polar surface area (TPSA) is 121 Å². The minimum atomic E-state index is -0.789. The van der Waals surface area contributed by atoms with Gasteiger partial charge in [0.1, 0.15) is 16.7 Å². The van der Waals surface area contributed by atoms with Gasteiger partial charge in [-0.05, 0) is 31.2 Å². The van der Waals surface area contributed by atoms with Gasteiger partial charge in [-0.3, -0.25) is 14.3 Å². The molecule has 0 aliphatic rings. The number of aromatic nitrogens is 3. The summed E-state index contributed by atoms with van der Waals surface area (Å²) in [7, 11) is 1.71. The van der Waals surface area contributed by atoms with E-state index in [1.165, 1.54) is 16.8 Å². The molecule has 9 nitrogen and oxygen atoms in total. The highest BCUT2D eigenvalue weighted by atomic mass is 35.5. The molecule has 1 aromatic carbocycles. The van der Waals surface area contributed by atoms with Crippen molar-refractivity contribution in [2.45, 2.75) is 6.92 Å². The zero-order chi connectivity index (χ0) is 21.1. The predicted octanol–water partition coefficient (Wildman–Crippen LogP) is 1.91. The van der Waals surface area contributed by atoms with Crippen molar-refractivity contribution in [2.75, 3.05) is 17.7 Å². The first-order valence-corrected chi connectivity index (χ1v) is 8.89. The fourth-order valence-corrected chi connectivity index (χ4v) is 2.95. The van der Waals surface area contributed by atoms with Gasteiger partial charge in [0.2, 0.25) is 0 Å². The second-order valence-corrected chi connectivity index (χ2v) is 6.55. The molecule has 0 saturated heterocycles. The van der Waals surface area contributed by atoms with Gasteiger partial charge in [-0.25, -0.2) is 14.5 Å². The lowest BCUT2D eigenvalue weighted by molar-refractivity contribution is -0.119. The molecule has 150 valence electrons. The molecule has 3 rings (SSSR count). The lowest BCUT2D eigenvalue weighted by Gasteiger charge is -2.07. The van der Waals surface area contributed by atoms with Gasteiger partial charge >= 0.3 is 5.97 Å². The number of carbonyl (C=O) groups is 2. The SMILES string of the molecule is Cc1c(NC(=O)COC(=O)c2cc(N)nc(Cl)c2)c(=O)n(-c2ccccc2)n1C. The number of benzene rings is 1. The number of nitrogens with one attached hydrogen (secondary N) is 1. The van der Waals surface area contributed by atoms with Crippen LogP contribution in [-0.4, -0.2) is 32.8 Å². The third-order valence-corrected chi connectivity index (χ3v) is 4.40. The Hall–Kier alpha value is -3.59. The van der Waals surface area contributed by atoms with Crippen molar-refractivity contribution in [3.05, 3.63) is 69.2 Å². The molecule has 10 heteroatoms. The van der Waals surface area contributed by atoms with Crippen molar-refractivity contribution < 1.29 is 14.3 Å². The Morgan fingerprint density at radius 3 is 2.59 bits per heavy atom. The predicted molar refractivity (Wildman–Crippen MR) is 108 cm³/mol. The molecule has 29 heavy (non-hydrogen) atoms. The van der Waals surface area contributed by atoms with E-state index >= 15 is 0 Å². The van der Waals surface area contributed by atoms with Gasteiger partial charge in [-0.1, -0.05) is 29.8 Å². The van der Waals surface area contributed by atoms with E-state index in [0.29, 0.717) is 11.4 Å². The first-order chi connectivity index (χ1) is 13.8. The van der Waals surface area contributed by atoms with Gasteiger partial charge in [0, 0.05) is 7.05 Å². The Bertz CT molecular complexity index is 1120. The van der Waals surface area contributed by atoms with Crippen molar-refractivity contribution in [1.82, 2.24) is 14.3 Å². The lowest BCUT2D eigenvalue weighted by Crippen LogP contribution is -2.25. The van der Waals surface area contributed by atoms with Crippen LogP contribution < -0.4 is 16.6 Å². The number of pyridine rings is 1. The van der Waals surface area contributed by atoms with E-state index < -0.39 is 24.0 Å². The molecule has 0 bridgehead atoms. The largest absolute Gasteiger partial charge is 0.452 e. The van der Waals surface area contributed by atoms with Crippen LogP contribution in [0.25, 0.3) is 5.69 Å². The van der Waals surface area contributed by atoms with Gasteiger partial charge in [-0.15, -0.1) is 0 Å². The summed E-state index contributed by atoms with van der Waals surface area (Å²) in [6, 6.07) is 11.6. The van der Waals surface area contributed by atoms with Crippen LogP contribution in [0.2, 0.25) is 5.15 Å². The maximum Gasteiger partial charge on any atom is 0.338 e. The smallest absolute Gasteiger partial charge is 0.338 e. The van der Waals surface area contributed by atoms with E-state index in [9.17, 15) is 14.4 Å². The number of nitrogens with zero attached hydrogens (tertiary/aromatic N) is 3. The van der Waals surface area contributed by atoms with Crippen molar-refractivity contribution in [3.8, 4) is 5.69 Å². The highest BCUT2D eigenvalue weighted by Crippen LogP contribution is 2.15. The van der Waals surface area contributed by atoms with E-state index in [1.54, 1.807) is 42.9 Å². The number of hydrogen-bond acceptors (Lipinski definition) is 6. The first kappa shape index (κ1) is 20.2. The van der Waals surface area contributed by atoms with Crippen LogP contribution in [0.3, 0.4) is 0 Å². The van der Waals surface area contributed by atoms with Crippen molar-refractivity contribution in [1.29, 1.82) is 0 Å². The van der Waals surface area contributed by atoms with E-state index in [-0.39, 0.29) is 22.2 Å². The van der Waals surface area contributed by atoms with Crippen LogP contribution in [0, 0.1) is 6.92 Å². The number of carbonyl (C=O) groups excluding carboxylic acids is 2. The van der Waals surface area contributed by atoms with Crippen LogP contribution in [-0.2, 0) is 16.6 Å². The minimum absolute atomic E-state index is 0.0303. The summed E-state index contributed by atoms with van der Waals surface area (Å²) in [6.07, 6.45) is 0. The Morgan fingerprint density at radius 1 is 1.24 bits per heavy atom. The lowest BCUT2D eigenvalue weighted by atomic mass is 10.2. The number of nitrogen functional groups attached to an aromatic ring is 1. The van der Waals surface area contributed by atoms with Crippen molar-refractivity contribution in [3.63, 3.8) is 0 Å². The third kappa shape index (κ3) is 4.30. The maximum atomic E-state index is 12.8. The fourth-order valence-electron chi connectivity index (χ4n) is 2.74. The highest BCUT2D eigenvalue weighted by Gasteiger charge is 2.19. The first-order valence-electron chi connectivity index (χ1n) is 8.52. The standard InChI is InChI=1S/C19H18ClN5O4/c1-11-17(18(27)25(24(11)2)13-6-4-3-5-7-13)23-16(26)10-29-19(28)12-8-14(20)22-15(21)9-12/h3-9H,10H2,1-2H3,(H2,21,22)(H,23,26). The molecule has 1 amide bonds. The number of hydrogen-bond donors (Lipinski definition) is 2. The molecule has 0 radical (unpaired) electrons. The van der Waals surface area contributed by atoms with Crippen molar-refractivity contribution in [2.24, 2.45) is 7.05 Å². The minimum Gasteiger partial charge on any atom is -0.452 e. The number of nitrogens with two attached hydrogens (primary N) is 1. The number of amides is 1. The zero-order valence-corrected chi connectivity index (χ0v) is 16.4. The zero-order valence-electron chi connectivity index (χ0n) is 15.7. The average molecular weight is 416 g/mol. The van der Waals surface area contributed by atoms with Gasteiger partial charge in [0.15, 0.2) is 6.61 Å². The summed E-state index contributed by atoms with van der Waals surface area (Å²) < 4.78 is 8.02. The Kier molecular flexibility index (Phi) is 5.69. The molecule has 0 aliphatic heterocycles. The second kappa shape index (κ2) is 8.19. The summed E-state index contributed by atoms with van der Waals surface area (Å²) in [6.45, 7) is 1.11. The highest BCUT2D eigenvalue weighted by molar-refractivity contribution is 6.29. The molecule has 3 N–H and O–H groups in total. The van der Waals surface area contributed by atoms with Gasteiger partial charge < -0.3 is 15.8 Å². The number of ether oxygens (including phenoxy) is 1. The normalized spacial score (nSPS) is 10.6. The second-order valence-electron chi connectivity index (χ2n) is 6.16. The number of anilines is 2. The van der Waals surface area contributed by atoms with Crippen LogP contribution in [0.4, 0.5) is 11.5 Å². The Morgan fingerprint density at radius 2 is 1.93 bits per heavy atom. The van der Waals surface area contributed by atoms with Crippen LogP contribution in [0.5, 0.6) is 0 Å². The monoisotopic (exact) mass is 415 g/mol. The summed E-state index contributed by atoms with van der Waals surface area (Å²) >= 11 is 5.75. The van der Waals surface area contributed by atoms with E-state index in [1.807, 2.05) is 6.07 Å². The molecule has 0 aliphatic carbocycles. The van der Waals surface area contributed by atoms with E-state index in [4.69, 9.17) is 22.1 Å².